The molecule has 0 heterocycles. The minimum absolute atomic E-state index is 0.133. The van der Waals surface area contributed by atoms with Crippen LogP contribution in [-0.4, -0.2) is 52.8 Å². The molecule has 1 fully saturated rings. The highest BCUT2D eigenvalue weighted by molar-refractivity contribution is 5.87. The van der Waals surface area contributed by atoms with Crippen LogP contribution in [0, 0.1) is 0 Å². The first-order valence-corrected chi connectivity index (χ1v) is 9.73. The van der Waals surface area contributed by atoms with Crippen molar-refractivity contribution in [1.29, 1.82) is 0 Å². The number of aromatic hydroxyl groups is 1. The molecule has 0 saturated heterocycles. The van der Waals surface area contributed by atoms with Gasteiger partial charge in [-0.1, -0.05) is 24.3 Å². The second-order valence-electron chi connectivity index (χ2n) is 7.21. The molecule has 0 aliphatic heterocycles. The van der Waals surface area contributed by atoms with Gasteiger partial charge in [-0.05, 0) is 41.5 Å². The summed E-state index contributed by atoms with van der Waals surface area (Å²) in [5, 5.41) is 29.7. The Bertz CT molecular complexity index is 862. The van der Waals surface area contributed by atoms with Crippen molar-refractivity contribution in [1.82, 2.24) is 0 Å². The highest BCUT2D eigenvalue weighted by Crippen LogP contribution is 2.26. The largest absolute Gasteiger partial charge is 0.508 e. The van der Waals surface area contributed by atoms with E-state index in [1.807, 2.05) is 24.3 Å². The fourth-order valence-electron chi connectivity index (χ4n) is 3.32. The first-order chi connectivity index (χ1) is 14.4. The third-order valence-electron chi connectivity index (χ3n) is 4.97. The van der Waals surface area contributed by atoms with Gasteiger partial charge in [0, 0.05) is 18.9 Å². The number of aliphatic hydroxyl groups is 2. The molecule has 2 aromatic carbocycles. The van der Waals surface area contributed by atoms with Gasteiger partial charge in [0.1, 0.15) is 23.7 Å². The van der Waals surface area contributed by atoms with Gasteiger partial charge in [0.2, 0.25) is 0 Å². The van der Waals surface area contributed by atoms with Crippen molar-refractivity contribution >= 4 is 12.0 Å². The Morgan fingerprint density at radius 2 is 1.90 bits per heavy atom. The predicted molar refractivity (Wildman–Crippen MR) is 110 cm³/mol. The molecule has 2 aromatic rings. The van der Waals surface area contributed by atoms with Crippen molar-refractivity contribution in [3.8, 4) is 11.5 Å². The Morgan fingerprint density at radius 1 is 1.13 bits per heavy atom. The zero-order chi connectivity index (χ0) is 21.5. The smallest absolute Gasteiger partial charge is 0.331 e. The lowest BCUT2D eigenvalue weighted by Gasteiger charge is -2.36. The van der Waals surface area contributed by atoms with Crippen molar-refractivity contribution in [2.24, 2.45) is 0 Å². The van der Waals surface area contributed by atoms with Gasteiger partial charge in [-0.15, -0.1) is 0 Å². The first-order valence-electron chi connectivity index (χ1n) is 9.73. The molecule has 0 unspecified atom stereocenters. The van der Waals surface area contributed by atoms with E-state index in [-0.39, 0.29) is 24.7 Å². The molecular weight excluding hydrogens is 388 g/mol. The molecule has 30 heavy (non-hydrogen) atoms. The third kappa shape index (κ3) is 6.06. The number of carbonyl (C=O) groups is 1. The summed E-state index contributed by atoms with van der Waals surface area (Å²) in [6.07, 6.45) is -0.143. The molecule has 0 radical (unpaired) electrons. The van der Waals surface area contributed by atoms with Gasteiger partial charge in [0.05, 0.1) is 25.9 Å². The molecular formula is C23H26O7. The topological polar surface area (TPSA) is 105 Å². The van der Waals surface area contributed by atoms with Crippen LogP contribution in [0.25, 0.3) is 6.08 Å². The molecule has 3 rings (SSSR count). The number of aliphatic hydroxyl groups excluding tert-OH is 2. The van der Waals surface area contributed by atoms with Crippen molar-refractivity contribution < 1.29 is 34.3 Å². The summed E-state index contributed by atoms with van der Waals surface area (Å²) in [7, 11) is 1.59. The number of hydrogen-bond donors (Lipinski definition) is 3. The summed E-state index contributed by atoms with van der Waals surface area (Å²) in [4.78, 5) is 12.2. The van der Waals surface area contributed by atoms with Crippen LogP contribution in [0.1, 0.15) is 24.0 Å². The zero-order valence-electron chi connectivity index (χ0n) is 16.7. The van der Waals surface area contributed by atoms with E-state index in [2.05, 4.69) is 0 Å². The molecule has 1 aliphatic rings. The Balaban J connectivity index is 1.55. The molecule has 3 N–H and O–H groups in total. The van der Waals surface area contributed by atoms with Gasteiger partial charge in [-0.3, -0.25) is 0 Å². The van der Waals surface area contributed by atoms with Gasteiger partial charge < -0.3 is 29.5 Å². The average molecular weight is 414 g/mol. The summed E-state index contributed by atoms with van der Waals surface area (Å²) >= 11 is 0. The van der Waals surface area contributed by atoms with Crippen LogP contribution in [0.4, 0.5) is 0 Å². The first kappa shape index (κ1) is 21.8. The fourth-order valence-corrected chi connectivity index (χ4v) is 3.32. The number of hydrogen-bond acceptors (Lipinski definition) is 7. The quantitative estimate of drug-likeness (QED) is 0.472. The molecule has 160 valence electrons. The lowest BCUT2D eigenvalue weighted by molar-refractivity contribution is -0.171. The molecule has 0 amide bonds. The number of phenols is 1. The summed E-state index contributed by atoms with van der Waals surface area (Å²) in [5.74, 6) is 0.226. The van der Waals surface area contributed by atoms with Crippen LogP contribution in [-0.2, 0) is 20.9 Å². The third-order valence-corrected chi connectivity index (χ3v) is 4.97. The van der Waals surface area contributed by atoms with Gasteiger partial charge in [-0.2, -0.15) is 0 Å². The predicted octanol–water partition coefficient (Wildman–Crippen LogP) is 2.43. The minimum atomic E-state index is -1.17. The Kier molecular flexibility index (Phi) is 7.46. The fraction of sp³-hybridized carbons (Fsp3) is 0.348. The summed E-state index contributed by atoms with van der Waals surface area (Å²) in [5.41, 5.74) is 1.63. The zero-order valence-corrected chi connectivity index (χ0v) is 16.7. The Hall–Kier alpha value is -2.87. The van der Waals surface area contributed by atoms with Gasteiger partial charge in [0.25, 0.3) is 0 Å². The lowest BCUT2D eigenvalue weighted by atomic mass is 9.89. The highest BCUT2D eigenvalue weighted by Gasteiger charge is 2.38. The van der Waals surface area contributed by atoms with Crippen molar-refractivity contribution in [2.45, 2.75) is 43.9 Å². The maximum Gasteiger partial charge on any atom is 0.331 e. The number of benzene rings is 2. The number of methoxy groups -OCH3 is 1. The van der Waals surface area contributed by atoms with E-state index in [4.69, 9.17) is 14.2 Å². The summed E-state index contributed by atoms with van der Waals surface area (Å²) in [6.45, 7) is 0.312. The van der Waals surface area contributed by atoms with E-state index in [1.165, 1.54) is 18.2 Å². The molecule has 1 saturated carbocycles. The number of phenolic OH excluding ortho intramolecular Hbond substituents is 1. The molecule has 7 heteroatoms. The van der Waals surface area contributed by atoms with Crippen molar-refractivity contribution in [3.63, 3.8) is 0 Å². The van der Waals surface area contributed by atoms with E-state index in [0.29, 0.717) is 12.2 Å². The monoisotopic (exact) mass is 414 g/mol. The van der Waals surface area contributed by atoms with E-state index in [1.54, 1.807) is 25.3 Å². The highest BCUT2D eigenvalue weighted by atomic mass is 16.6. The molecule has 0 aromatic heterocycles. The summed E-state index contributed by atoms with van der Waals surface area (Å²) < 4.78 is 16.4. The second kappa shape index (κ2) is 10.2. The molecule has 7 nitrogen and oxygen atoms in total. The Morgan fingerprint density at radius 3 is 2.63 bits per heavy atom. The molecule has 1 aliphatic carbocycles. The standard InChI is InChI=1S/C23H26O7/c1-28-18-4-2-3-16(11-18)14-29-19-12-20(25)23(27)21(13-19)30-22(26)10-7-15-5-8-17(24)9-6-15/h2-11,19-21,23-25,27H,12-14H2,1H3/b10-7+/t19-,20-,21+,23+/m0/s1. The molecule has 4 atom stereocenters. The number of rotatable bonds is 7. The van der Waals surface area contributed by atoms with E-state index < -0.39 is 24.3 Å². The van der Waals surface area contributed by atoms with Gasteiger partial charge in [-0.25, -0.2) is 4.79 Å². The van der Waals surface area contributed by atoms with Gasteiger partial charge >= 0.3 is 5.97 Å². The Labute approximate surface area is 175 Å². The average Bonchev–Trinajstić information content (AvgIpc) is 2.75. The van der Waals surface area contributed by atoms with E-state index in [0.717, 1.165) is 11.3 Å². The number of esters is 1. The van der Waals surface area contributed by atoms with E-state index >= 15 is 0 Å². The van der Waals surface area contributed by atoms with E-state index in [9.17, 15) is 20.1 Å². The van der Waals surface area contributed by atoms with Crippen LogP contribution in [0.15, 0.2) is 54.6 Å². The lowest BCUT2D eigenvalue weighted by Crippen LogP contribution is -2.48. The number of carbonyl (C=O) groups excluding carboxylic acids is 1. The van der Waals surface area contributed by atoms with Crippen LogP contribution in [0.5, 0.6) is 11.5 Å². The van der Waals surface area contributed by atoms with Crippen molar-refractivity contribution in [2.75, 3.05) is 7.11 Å². The van der Waals surface area contributed by atoms with Crippen LogP contribution in [0.3, 0.4) is 0 Å². The van der Waals surface area contributed by atoms with Crippen LogP contribution in [0.2, 0.25) is 0 Å². The second-order valence-corrected chi connectivity index (χ2v) is 7.21. The maximum absolute atomic E-state index is 12.2. The van der Waals surface area contributed by atoms with Crippen LogP contribution >= 0.6 is 0 Å². The number of ether oxygens (including phenoxy) is 3. The normalized spacial score (nSPS) is 24.0. The summed E-state index contributed by atoms with van der Waals surface area (Å²) in [6, 6.07) is 13.8. The SMILES string of the molecule is COc1cccc(CO[C@H]2C[C@H](O)[C@@H](O)[C@H](OC(=O)/C=C/c3ccc(O)cc3)C2)c1. The molecule has 0 spiro atoms. The van der Waals surface area contributed by atoms with Crippen molar-refractivity contribution in [3.05, 3.63) is 65.7 Å². The molecule has 0 bridgehead atoms. The maximum atomic E-state index is 12.2. The minimum Gasteiger partial charge on any atom is -0.508 e. The van der Waals surface area contributed by atoms with Gasteiger partial charge in [0.15, 0.2) is 0 Å². The van der Waals surface area contributed by atoms with Crippen LogP contribution < -0.4 is 4.74 Å².